The predicted molar refractivity (Wildman–Crippen MR) is 127 cm³/mol. The van der Waals surface area contributed by atoms with Crippen molar-refractivity contribution in [1.82, 2.24) is 9.88 Å². The van der Waals surface area contributed by atoms with Crippen molar-refractivity contribution in [3.8, 4) is 11.5 Å². The molecule has 0 aliphatic carbocycles. The molecule has 3 aromatic rings. The number of thioether (sulfide) groups is 1. The molecule has 0 saturated carbocycles. The van der Waals surface area contributed by atoms with Crippen molar-refractivity contribution >= 4 is 17.7 Å². The third-order valence-corrected chi connectivity index (χ3v) is 6.54. The van der Waals surface area contributed by atoms with Crippen molar-refractivity contribution in [1.29, 1.82) is 0 Å². The number of pyridine rings is 1. The summed E-state index contributed by atoms with van der Waals surface area (Å²) in [6.07, 6.45) is 3.24. The first-order valence-corrected chi connectivity index (χ1v) is 12.1. The standard InChI is InChI=1S/C26H27FN2O3S/c1-2-31-23-7-3-4-8-24(23)32-21-13-16-29(17-14-21)26(30)22-6-5-15-28-25(22)33-18-19-9-11-20(27)12-10-19/h3-12,15,21H,2,13-14,16-18H2,1H3. The zero-order valence-corrected chi connectivity index (χ0v) is 19.4. The molecule has 0 bridgehead atoms. The number of benzene rings is 2. The van der Waals surface area contributed by atoms with Crippen molar-refractivity contribution in [2.45, 2.75) is 36.6 Å². The Kier molecular flexibility index (Phi) is 7.83. The Balaban J connectivity index is 1.36. The van der Waals surface area contributed by atoms with Crippen LogP contribution in [0.5, 0.6) is 11.5 Å². The van der Waals surface area contributed by atoms with Gasteiger partial charge in [0.1, 0.15) is 16.9 Å². The van der Waals surface area contributed by atoms with E-state index in [0.717, 1.165) is 29.9 Å². The van der Waals surface area contributed by atoms with E-state index in [1.165, 1.54) is 23.9 Å². The lowest BCUT2D eigenvalue weighted by atomic mass is 10.1. The quantitative estimate of drug-likeness (QED) is 0.405. The number of aromatic nitrogens is 1. The van der Waals surface area contributed by atoms with Crippen LogP contribution in [0.1, 0.15) is 35.7 Å². The number of halogens is 1. The molecule has 0 atom stereocenters. The number of piperidine rings is 1. The van der Waals surface area contributed by atoms with E-state index in [-0.39, 0.29) is 17.8 Å². The number of amides is 1. The fourth-order valence-electron chi connectivity index (χ4n) is 3.75. The van der Waals surface area contributed by atoms with E-state index in [0.29, 0.717) is 36.0 Å². The van der Waals surface area contributed by atoms with E-state index in [2.05, 4.69) is 4.98 Å². The summed E-state index contributed by atoms with van der Waals surface area (Å²) in [5, 5.41) is 0.691. The molecule has 0 N–H and O–H groups in total. The predicted octanol–water partition coefficient (Wildman–Crippen LogP) is 5.60. The molecule has 2 aromatic carbocycles. The zero-order valence-electron chi connectivity index (χ0n) is 18.6. The van der Waals surface area contributed by atoms with Crippen LogP contribution in [0.15, 0.2) is 71.9 Å². The Morgan fingerprint density at radius 3 is 2.52 bits per heavy atom. The van der Waals surface area contributed by atoms with Gasteiger partial charge < -0.3 is 14.4 Å². The van der Waals surface area contributed by atoms with Crippen LogP contribution in [0.4, 0.5) is 4.39 Å². The number of carbonyl (C=O) groups excluding carboxylic acids is 1. The maximum absolute atomic E-state index is 13.2. The molecule has 0 spiro atoms. The van der Waals surface area contributed by atoms with Gasteiger partial charge in [-0.2, -0.15) is 0 Å². The van der Waals surface area contributed by atoms with Crippen molar-refractivity contribution in [2.24, 2.45) is 0 Å². The second-order valence-electron chi connectivity index (χ2n) is 7.76. The molecule has 1 aliphatic heterocycles. The second-order valence-corrected chi connectivity index (χ2v) is 8.72. The van der Waals surface area contributed by atoms with E-state index < -0.39 is 0 Å². The average molecular weight is 467 g/mol. The van der Waals surface area contributed by atoms with Gasteiger partial charge in [-0.3, -0.25) is 4.79 Å². The Hall–Kier alpha value is -3.06. The summed E-state index contributed by atoms with van der Waals surface area (Å²) in [5.74, 6) is 1.84. The molecule has 1 fully saturated rings. The number of hydrogen-bond acceptors (Lipinski definition) is 5. The first-order valence-electron chi connectivity index (χ1n) is 11.1. The smallest absolute Gasteiger partial charge is 0.256 e. The number of carbonyl (C=O) groups is 1. The highest BCUT2D eigenvalue weighted by Crippen LogP contribution is 2.30. The Morgan fingerprint density at radius 1 is 1.06 bits per heavy atom. The molecular weight excluding hydrogens is 439 g/mol. The van der Waals surface area contributed by atoms with Crippen LogP contribution in [-0.2, 0) is 5.75 Å². The van der Waals surface area contributed by atoms with Crippen molar-refractivity contribution in [3.05, 3.63) is 83.8 Å². The third kappa shape index (κ3) is 6.05. The van der Waals surface area contributed by atoms with Gasteiger partial charge in [0.25, 0.3) is 5.91 Å². The molecule has 1 amide bonds. The van der Waals surface area contributed by atoms with E-state index >= 15 is 0 Å². The summed E-state index contributed by atoms with van der Waals surface area (Å²) in [7, 11) is 0. The summed E-state index contributed by atoms with van der Waals surface area (Å²) < 4.78 is 25.0. The number of para-hydroxylation sites is 2. The zero-order chi connectivity index (χ0) is 23.0. The maximum atomic E-state index is 13.2. The fraction of sp³-hybridized carbons (Fsp3) is 0.308. The van der Waals surface area contributed by atoms with Crippen LogP contribution in [0.25, 0.3) is 0 Å². The van der Waals surface area contributed by atoms with E-state index in [1.807, 2.05) is 42.2 Å². The van der Waals surface area contributed by atoms with Gasteiger partial charge >= 0.3 is 0 Å². The normalized spacial score (nSPS) is 14.2. The summed E-state index contributed by atoms with van der Waals surface area (Å²) >= 11 is 1.49. The number of nitrogens with zero attached hydrogens (tertiary/aromatic N) is 2. The SMILES string of the molecule is CCOc1ccccc1OC1CCN(C(=O)c2cccnc2SCc2ccc(F)cc2)CC1. The van der Waals surface area contributed by atoms with Crippen LogP contribution in [-0.4, -0.2) is 41.6 Å². The fourth-order valence-corrected chi connectivity index (χ4v) is 4.69. The number of rotatable bonds is 8. The van der Waals surface area contributed by atoms with Crippen LogP contribution in [0, 0.1) is 5.82 Å². The van der Waals surface area contributed by atoms with E-state index in [9.17, 15) is 9.18 Å². The molecule has 1 aromatic heterocycles. The third-order valence-electron chi connectivity index (χ3n) is 5.46. The van der Waals surface area contributed by atoms with E-state index in [1.54, 1.807) is 24.4 Å². The van der Waals surface area contributed by atoms with Gasteiger partial charge in [-0.1, -0.05) is 24.3 Å². The molecule has 0 radical (unpaired) electrons. The minimum Gasteiger partial charge on any atom is -0.490 e. The van der Waals surface area contributed by atoms with Crippen LogP contribution >= 0.6 is 11.8 Å². The first-order chi connectivity index (χ1) is 16.1. The number of likely N-dealkylation sites (tertiary alicyclic amines) is 1. The molecule has 0 unspecified atom stereocenters. The van der Waals surface area contributed by atoms with E-state index in [4.69, 9.17) is 9.47 Å². The number of hydrogen-bond donors (Lipinski definition) is 0. The van der Waals surface area contributed by atoms with Gasteiger partial charge in [-0.15, -0.1) is 11.8 Å². The minimum absolute atomic E-state index is 0.0159. The highest BCUT2D eigenvalue weighted by Gasteiger charge is 2.27. The van der Waals surface area contributed by atoms with Crippen LogP contribution < -0.4 is 9.47 Å². The summed E-state index contributed by atoms with van der Waals surface area (Å²) in [4.78, 5) is 19.5. The molecule has 7 heteroatoms. The van der Waals surface area contributed by atoms with Crippen LogP contribution in [0.3, 0.4) is 0 Å². The van der Waals surface area contributed by atoms with Gasteiger partial charge in [0.15, 0.2) is 11.5 Å². The minimum atomic E-state index is -0.258. The monoisotopic (exact) mass is 466 g/mol. The van der Waals surface area contributed by atoms with Crippen molar-refractivity contribution in [3.63, 3.8) is 0 Å². The Labute approximate surface area is 197 Å². The lowest BCUT2D eigenvalue weighted by molar-refractivity contribution is 0.0585. The van der Waals surface area contributed by atoms with Crippen LogP contribution in [0.2, 0.25) is 0 Å². The average Bonchev–Trinajstić information content (AvgIpc) is 2.85. The summed E-state index contributed by atoms with van der Waals surface area (Å²) in [6, 6.07) is 17.7. The maximum Gasteiger partial charge on any atom is 0.256 e. The molecule has 1 aliphatic rings. The van der Waals surface area contributed by atoms with Gasteiger partial charge in [0, 0.05) is 37.9 Å². The molecule has 5 nitrogen and oxygen atoms in total. The highest BCUT2D eigenvalue weighted by molar-refractivity contribution is 7.98. The summed E-state index contributed by atoms with van der Waals surface area (Å²) in [6.45, 7) is 3.78. The lowest BCUT2D eigenvalue weighted by Gasteiger charge is -2.32. The Bertz CT molecular complexity index is 1070. The van der Waals surface area contributed by atoms with Gasteiger partial charge in [0.2, 0.25) is 0 Å². The van der Waals surface area contributed by atoms with Gasteiger partial charge in [0.05, 0.1) is 12.2 Å². The molecule has 4 rings (SSSR count). The molecule has 33 heavy (non-hydrogen) atoms. The molecule has 1 saturated heterocycles. The number of ether oxygens (including phenoxy) is 2. The lowest BCUT2D eigenvalue weighted by Crippen LogP contribution is -2.42. The first kappa shape index (κ1) is 23.1. The highest BCUT2D eigenvalue weighted by atomic mass is 32.2. The second kappa shape index (κ2) is 11.2. The van der Waals surface area contributed by atoms with Gasteiger partial charge in [-0.05, 0) is 48.9 Å². The topological polar surface area (TPSA) is 51.7 Å². The summed E-state index contributed by atoms with van der Waals surface area (Å²) in [5.41, 5.74) is 1.58. The van der Waals surface area contributed by atoms with Crippen molar-refractivity contribution in [2.75, 3.05) is 19.7 Å². The van der Waals surface area contributed by atoms with Crippen molar-refractivity contribution < 1.29 is 18.7 Å². The molecule has 172 valence electrons. The molecule has 2 heterocycles. The molecular formula is C26H27FN2O3S. The largest absolute Gasteiger partial charge is 0.490 e. The Morgan fingerprint density at radius 2 is 1.79 bits per heavy atom. The van der Waals surface area contributed by atoms with Gasteiger partial charge in [-0.25, -0.2) is 9.37 Å².